The number of hydrogen-bond donors (Lipinski definition) is 1. The van der Waals surface area contributed by atoms with Gasteiger partial charge in [-0.05, 0) is 36.7 Å². The summed E-state index contributed by atoms with van der Waals surface area (Å²) in [4.78, 5) is 0. The Morgan fingerprint density at radius 1 is 1.10 bits per heavy atom. The van der Waals surface area contributed by atoms with Crippen LogP contribution in [0.1, 0.15) is 18.1 Å². The van der Waals surface area contributed by atoms with Gasteiger partial charge in [-0.25, -0.2) is 0 Å². The Morgan fingerprint density at radius 2 is 1.76 bits per heavy atom. The van der Waals surface area contributed by atoms with Crippen molar-refractivity contribution in [3.63, 3.8) is 0 Å². The highest BCUT2D eigenvalue weighted by atomic mass is 16.5. The van der Waals surface area contributed by atoms with Crippen LogP contribution >= 0.6 is 0 Å². The van der Waals surface area contributed by atoms with E-state index in [4.69, 9.17) is 4.74 Å². The minimum Gasteiger partial charge on any atom is -0.490 e. The molecule has 3 nitrogen and oxygen atoms in total. The van der Waals surface area contributed by atoms with Crippen LogP contribution in [0.25, 0.3) is 0 Å². The molecule has 2 aromatic carbocycles. The number of ether oxygens (including phenoxy) is 1. The summed E-state index contributed by atoms with van der Waals surface area (Å²) < 4.78 is 5.82. The van der Waals surface area contributed by atoms with Crippen LogP contribution in [0.5, 0.6) is 5.75 Å². The summed E-state index contributed by atoms with van der Waals surface area (Å²) in [5.41, 5.74) is 1.33. The molecule has 1 N–H and O–H groups in total. The van der Waals surface area contributed by atoms with Gasteiger partial charge in [0.2, 0.25) is 0 Å². The van der Waals surface area contributed by atoms with Gasteiger partial charge >= 0.3 is 0 Å². The Bertz CT molecular complexity index is 601. The summed E-state index contributed by atoms with van der Waals surface area (Å²) in [6.45, 7) is 2.38. The van der Waals surface area contributed by atoms with Crippen LogP contribution in [-0.2, 0) is 12.0 Å². The number of hydrogen-bond acceptors (Lipinski definition) is 3. The standard InChI is InChI=1S/C18H20N2O/c1-3-15-9-11-17(12-10-15)21-14-18(13-19,20-2)16-7-5-4-6-8-16/h4-12,20H,3,14H2,1-2H3. The molecule has 2 aromatic rings. The van der Waals surface area contributed by atoms with E-state index in [0.29, 0.717) is 0 Å². The average Bonchev–Trinajstić information content (AvgIpc) is 2.58. The maximum Gasteiger partial charge on any atom is 0.166 e. The largest absolute Gasteiger partial charge is 0.490 e. The normalized spacial score (nSPS) is 13.2. The van der Waals surface area contributed by atoms with E-state index in [0.717, 1.165) is 17.7 Å². The SMILES string of the molecule is CCc1ccc(OCC(C#N)(NC)c2ccccc2)cc1. The fraction of sp³-hybridized carbons (Fsp3) is 0.278. The van der Waals surface area contributed by atoms with Gasteiger partial charge in [-0.2, -0.15) is 5.26 Å². The topological polar surface area (TPSA) is 45.0 Å². The lowest BCUT2D eigenvalue weighted by molar-refractivity contribution is 0.231. The zero-order valence-corrected chi connectivity index (χ0v) is 12.5. The van der Waals surface area contributed by atoms with Crippen molar-refractivity contribution in [3.05, 3.63) is 65.7 Å². The third-order valence-corrected chi connectivity index (χ3v) is 3.67. The van der Waals surface area contributed by atoms with Crippen LogP contribution in [0, 0.1) is 11.3 Å². The number of nitrogens with one attached hydrogen (secondary N) is 1. The molecule has 0 spiro atoms. The molecule has 21 heavy (non-hydrogen) atoms. The highest BCUT2D eigenvalue weighted by Gasteiger charge is 2.31. The van der Waals surface area contributed by atoms with Gasteiger partial charge in [0.15, 0.2) is 5.54 Å². The van der Waals surface area contributed by atoms with Gasteiger partial charge in [-0.1, -0.05) is 49.4 Å². The number of likely N-dealkylation sites (N-methyl/N-ethyl adjacent to an activating group) is 1. The molecule has 1 unspecified atom stereocenters. The Labute approximate surface area is 126 Å². The van der Waals surface area contributed by atoms with Crippen LogP contribution < -0.4 is 10.1 Å². The number of aryl methyl sites for hydroxylation is 1. The molecule has 0 heterocycles. The maximum atomic E-state index is 9.60. The van der Waals surface area contributed by atoms with Crippen molar-refractivity contribution >= 4 is 0 Å². The van der Waals surface area contributed by atoms with Crippen LogP contribution in [0.15, 0.2) is 54.6 Å². The monoisotopic (exact) mass is 280 g/mol. The van der Waals surface area contributed by atoms with Crippen LogP contribution in [-0.4, -0.2) is 13.7 Å². The number of benzene rings is 2. The Morgan fingerprint density at radius 3 is 2.29 bits per heavy atom. The van der Waals surface area contributed by atoms with Crippen LogP contribution in [0.4, 0.5) is 0 Å². The first-order valence-electron chi connectivity index (χ1n) is 7.11. The van der Waals surface area contributed by atoms with E-state index in [1.54, 1.807) is 7.05 Å². The van der Waals surface area contributed by atoms with Crippen molar-refractivity contribution in [1.82, 2.24) is 5.32 Å². The van der Waals surface area contributed by atoms with Crippen molar-refractivity contribution in [2.75, 3.05) is 13.7 Å². The highest BCUT2D eigenvalue weighted by molar-refractivity contribution is 5.33. The Hall–Kier alpha value is -2.31. The minimum absolute atomic E-state index is 0.259. The van der Waals surface area contributed by atoms with E-state index in [1.165, 1.54) is 5.56 Å². The quantitative estimate of drug-likeness (QED) is 0.883. The van der Waals surface area contributed by atoms with Gasteiger partial charge in [0.1, 0.15) is 12.4 Å². The smallest absolute Gasteiger partial charge is 0.166 e. The lowest BCUT2D eigenvalue weighted by Gasteiger charge is -2.26. The van der Waals surface area contributed by atoms with Gasteiger partial charge in [0, 0.05) is 0 Å². The summed E-state index contributed by atoms with van der Waals surface area (Å²) in [5, 5.41) is 12.7. The lowest BCUT2D eigenvalue weighted by Crippen LogP contribution is -2.44. The van der Waals surface area contributed by atoms with Crippen molar-refractivity contribution in [1.29, 1.82) is 5.26 Å². The Kier molecular flexibility index (Phi) is 4.97. The van der Waals surface area contributed by atoms with E-state index in [1.807, 2.05) is 54.6 Å². The molecule has 0 radical (unpaired) electrons. The van der Waals surface area contributed by atoms with Gasteiger partial charge in [-0.15, -0.1) is 0 Å². The van der Waals surface area contributed by atoms with Crippen LogP contribution in [0.2, 0.25) is 0 Å². The zero-order valence-electron chi connectivity index (χ0n) is 12.5. The molecule has 2 rings (SSSR count). The summed E-state index contributed by atoms with van der Waals surface area (Å²) in [7, 11) is 1.78. The number of nitriles is 1. The third-order valence-electron chi connectivity index (χ3n) is 3.67. The molecule has 0 bridgehead atoms. The maximum absolute atomic E-state index is 9.60. The lowest BCUT2D eigenvalue weighted by atomic mass is 9.92. The second kappa shape index (κ2) is 6.92. The third kappa shape index (κ3) is 3.42. The van der Waals surface area contributed by atoms with Gasteiger partial charge in [0.25, 0.3) is 0 Å². The second-order valence-corrected chi connectivity index (χ2v) is 4.92. The van der Waals surface area contributed by atoms with Crippen molar-refractivity contribution in [3.8, 4) is 11.8 Å². The second-order valence-electron chi connectivity index (χ2n) is 4.92. The summed E-state index contributed by atoms with van der Waals surface area (Å²) in [6, 6.07) is 20.0. The molecule has 108 valence electrons. The highest BCUT2D eigenvalue weighted by Crippen LogP contribution is 2.22. The fourth-order valence-corrected chi connectivity index (χ4v) is 2.19. The fourth-order valence-electron chi connectivity index (χ4n) is 2.19. The van der Waals surface area contributed by atoms with Gasteiger partial charge < -0.3 is 4.74 Å². The number of rotatable bonds is 6. The first-order chi connectivity index (χ1) is 10.2. The molecule has 0 aromatic heterocycles. The predicted molar refractivity (Wildman–Crippen MR) is 84.1 cm³/mol. The molecule has 3 heteroatoms. The average molecular weight is 280 g/mol. The molecular formula is C18H20N2O. The predicted octanol–water partition coefficient (Wildman–Crippen LogP) is 3.27. The molecule has 0 amide bonds. The zero-order chi connectivity index (χ0) is 15.1. The molecule has 0 saturated carbocycles. The Balaban J connectivity index is 2.15. The first-order valence-corrected chi connectivity index (χ1v) is 7.11. The summed E-state index contributed by atoms with van der Waals surface area (Å²) in [6.07, 6.45) is 1.00. The number of nitrogens with zero attached hydrogens (tertiary/aromatic N) is 1. The molecule has 0 aliphatic carbocycles. The molecule has 0 saturated heterocycles. The first kappa shape index (κ1) is 15.1. The van der Waals surface area contributed by atoms with E-state index >= 15 is 0 Å². The molecular weight excluding hydrogens is 260 g/mol. The van der Waals surface area contributed by atoms with E-state index in [2.05, 4.69) is 18.3 Å². The van der Waals surface area contributed by atoms with Crippen molar-refractivity contribution < 1.29 is 4.74 Å². The van der Waals surface area contributed by atoms with Gasteiger partial charge in [-0.3, -0.25) is 5.32 Å². The summed E-state index contributed by atoms with van der Waals surface area (Å²) >= 11 is 0. The molecule has 0 fully saturated rings. The minimum atomic E-state index is -0.843. The molecule has 0 aliphatic heterocycles. The van der Waals surface area contributed by atoms with Gasteiger partial charge in [0.05, 0.1) is 6.07 Å². The molecule has 1 atom stereocenters. The van der Waals surface area contributed by atoms with Crippen LogP contribution in [0.3, 0.4) is 0 Å². The summed E-state index contributed by atoms with van der Waals surface area (Å²) in [5.74, 6) is 0.776. The van der Waals surface area contributed by atoms with Crippen molar-refractivity contribution in [2.45, 2.75) is 18.9 Å². The van der Waals surface area contributed by atoms with E-state index in [9.17, 15) is 5.26 Å². The van der Waals surface area contributed by atoms with E-state index < -0.39 is 5.54 Å². The van der Waals surface area contributed by atoms with E-state index in [-0.39, 0.29) is 6.61 Å². The molecule has 0 aliphatic rings. The van der Waals surface area contributed by atoms with Crippen molar-refractivity contribution in [2.24, 2.45) is 0 Å².